The first kappa shape index (κ1) is 14.0. The van der Waals surface area contributed by atoms with Gasteiger partial charge in [0.1, 0.15) is 11.6 Å². The van der Waals surface area contributed by atoms with Gasteiger partial charge >= 0.3 is 0 Å². The minimum Gasteiger partial charge on any atom is -0.483 e. The summed E-state index contributed by atoms with van der Waals surface area (Å²) in [6, 6.07) is 6.09. The molecular weight excluding hydrogens is 235 g/mol. The second-order valence-electron chi connectivity index (χ2n) is 3.92. The highest BCUT2D eigenvalue weighted by atomic mass is 19.1. The summed E-state index contributed by atoms with van der Waals surface area (Å²) < 4.78 is 18.2. The van der Waals surface area contributed by atoms with E-state index in [0.717, 1.165) is 0 Å². The van der Waals surface area contributed by atoms with Gasteiger partial charge in [-0.05, 0) is 30.7 Å². The number of nitrogens with zero attached hydrogens (tertiary/aromatic N) is 2. The summed E-state index contributed by atoms with van der Waals surface area (Å²) in [6.45, 7) is 1.97. The van der Waals surface area contributed by atoms with Crippen LogP contribution >= 0.6 is 0 Å². The first-order valence-electron chi connectivity index (χ1n) is 5.54. The molecule has 0 radical (unpaired) electrons. The first-order chi connectivity index (χ1) is 8.54. The molecule has 0 heterocycles. The number of hydrogen-bond acceptors (Lipinski definition) is 3. The Labute approximate surface area is 106 Å². The van der Waals surface area contributed by atoms with E-state index in [4.69, 9.17) is 10.00 Å². The van der Waals surface area contributed by atoms with Crippen LogP contribution in [0, 0.1) is 24.1 Å². The van der Waals surface area contributed by atoms with E-state index in [1.807, 2.05) is 6.07 Å². The molecule has 18 heavy (non-hydrogen) atoms. The van der Waals surface area contributed by atoms with Gasteiger partial charge in [-0.25, -0.2) is 4.39 Å². The van der Waals surface area contributed by atoms with Gasteiger partial charge in [0, 0.05) is 13.6 Å². The highest BCUT2D eigenvalue weighted by Crippen LogP contribution is 2.18. The Morgan fingerprint density at radius 1 is 1.56 bits per heavy atom. The Kier molecular flexibility index (Phi) is 5.12. The maximum atomic E-state index is 12.9. The van der Waals surface area contributed by atoms with Crippen molar-refractivity contribution in [3.8, 4) is 11.8 Å². The number of benzene rings is 1. The second-order valence-corrected chi connectivity index (χ2v) is 3.92. The van der Waals surface area contributed by atoms with Gasteiger partial charge in [0.25, 0.3) is 5.91 Å². The number of carbonyl (C=O) groups excluding carboxylic acids is 1. The number of carbonyl (C=O) groups is 1. The van der Waals surface area contributed by atoms with Crippen molar-refractivity contribution in [2.24, 2.45) is 0 Å². The lowest BCUT2D eigenvalue weighted by Gasteiger charge is -2.16. The maximum Gasteiger partial charge on any atom is 0.260 e. The topological polar surface area (TPSA) is 53.3 Å². The SMILES string of the molecule is Cc1cc(F)ccc1OCC(=O)N(C)CCC#N. The molecule has 0 spiro atoms. The molecule has 4 nitrogen and oxygen atoms in total. The van der Waals surface area contributed by atoms with Crippen molar-refractivity contribution in [3.63, 3.8) is 0 Å². The van der Waals surface area contributed by atoms with Gasteiger partial charge in [-0.2, -0.15) is 5.26 Å². The minimum atomic E-state index is -0.336. The van der Waals surface area contributed by atoms with Crippen LogP contribution in [-0.2, 0) is 4.79 Å². The van der Waals surface area contributed by atoms with E-state index in [0.29, 0.717) is 17.9 Å². The standard InChI is InChI=1S/C13H15FN2O2/c1-10-8-11(14)4-5-12(10)18-9-13(17)16(2)7-3-6-15/h4-5,8H,3,7,9H2,1-2H3. The molecule has 0 saturated heterocycles. The molecule has 0 aliphatic rings. The molecule has 0 saturated carbocycles. The predicted molar refractivity (Wildman–Crippen MR) is 64.5 cm³/mol. The van der Waals surface area contributed by atoms with E-state index in [1.165, 1.54) is 23.1 Å². The van der Waals surface area contributed by atoms with Crippen LogP contribution in [0.3, 0.4) is 0 Å². The fourth-order valence-corrected chi connectivity index (χ4v) is 1.37. The monoisotopic (exact) mass is 250 g/mol. The zero-order valence-corrected chi connectivity index (χ0v) is 10.4. The maximum absolute atomic E-state index is 12.9. The Bertz CT molecular complexity index is 469. The zero-order chi connectivity index (χ0) is 13.5. The lowest BCUT2D eigenvalue weighted by Crippen LogP contribution is -2.32. The van der Waals surface area contributed by atoms with E-state index in [-0.39, 0.29) is 24.8 Å². The van der Waals surface area contributed by atoms with Crippen molar-refractivity contribution in [1.82, 2.24) is 4.90 Å². The normalized spacial score (nSPS) is 9.67. The molecule has 0 aliphatic heterocycles. The number of rotatable bonds is 5. The molecule has 0 unspecified atom stereocenters. The summed E-state index contributed by atoms with van der Waals surface area (Å²) in [6.07, 6.45) is 0.290. The average molecular weight is 250 g/mol. The van der Waals surface area contributed by atoms with Crippen molar-refractivity contribution in [1.29, 1.82) is 5.26 Å². The highest BCUT2D eigenvalue weighted by molar-refractivity contribution is 5.77. The van der Waals surface area contributed by atoms with Crippen LogP contribution in [0.4, 0.5) is 4.39 Å². The Morgan fingerprint density at radius 3 is 2.89 bits per heavy atom. The summed E-state index contributed by atoms with van der Waals surface area (Å²) in [4.78, 5) is 13.1. The lowest BCUT2D eigenvalue weighted by molar-refractivity contribution is -0.131. The summed E-state index contributed by atoms with van der Waals surface area (Å²) in [7, 11) is 1.61. The van der Waals surface area contributed by atoms with E-state index < -0.39 is 0 Å². The Hall–Kier alpha value is -2.09. The molecule has 1 aromatic carbocycles. The van der Waals surface area contributed by atoms with Gasteiger partial charge in [0.15, 0.2) is 6.61 Å². The van der Waals surface area contributed by atoms with Gasteiger partial charge in [0.05, 0.1) is 12.5 Å². The van der Waals surface area contributed by atoms with Crippen molar-refractivity contribution < 1.29 is 13.9 Å². The smallest absolute Gasteiger partial charge is 0.260 e. The van der Waals surface area contributed by atoms with Crippen molar-refractivity contribution in [3.05, 3.63) is 29.6 Å². The third-order valence-electron chi connectivity index (χ3n) is 2.47. The van der Waals surface area contributed by atoms with Gasteiger partial charge < -0.3 is 9.64 Å². The molecule has 0 aromatic heterocycles. The molecule has 5 heteroatoms. The third-order valence-corrected chi connectivity index (χ3v) is 2.47. The molecular formula is C13H15FN2O2. The number of amides is 1. The zero-order valence-electron chi connectivity index (χ0n) is 10.4. The van der Waals surface area contributed by atoms with Crippen molar-refractivity contribution >= 4 is 5.91 Å². The van der Waals surface area contributed by atoms with E-state index in [1.54, 1.807) is 14.0 Å². The molecule has 96 valence electrons. The average Bonchev–Trinajstić information content (AvgIpc) is 2.34. The number of ether oxygens (including phenoxy) is 1. The molecule has 0 fully saturated rings. The summed E-state index contributed by atoms with van der Waals surface area (Å²) >= 11 is 0. The molecule has 0 aliphatic carbocycles. The number of likely N-dealkylation sites (N-methyl/N-ethyl adjacent to an activating group) is 1. The van der Waals surface area contributed by atoms with Crippen LogP contribution in [0.1, 0.15) is 12.0 Å². The lowest BCUT2D eigenvalue weighted by atomic mass is 10.2. The molecule has 1 rings (SSSR count). The minimum absolute atomic E-state index is 0.117. The number of hydrogen-bond donors (Lipinski definition) is 0. The Morgan fingerprint density at radius 2 is 2.28 bits per heavy atom. The summed E-state index contributed by atoms with van der Waals surface area (Å²) in [5.74, 6) is -0.0651. The van der Waals surface area contributed by atoms with Crippen LogP contribution < -0.4 is 4.74 Å². The predicted octanol–water partition coefficient (Wildman–Crippen LogP) is 1.88. The van der Waals surface area contributed by atoms with E-state index in [2.05, 4.69) is 0 Å². The third kappa shape index (κ3) is 4.06. The van der Waals surface area contributed by atoms with Crippen LogP contribution in [0.15, 0.2) is 18.2 Å². The van der Waals surface area contributed by atoms with Gasteiger partial charge in [-0.1, -0.05) is 0 Å². The van der Waals surface area contributed by atoms with Crippen LogP contribution in [0.2, 0.25) is 0 Å². The van der Waals surface area contributed by atoms with Gasteiger partial charge in [-0.3, -0.25) is 4.79 Å². The molecule has 0 bridgehead atoms. The fourth-order valence-electron chi connectivity index (χ4n) is 1.37. The molecule has 0 N–H and O–H groups in total. The van der Waals surface area contributed by atoms with Gasteiger partial charge in [0.2, 0.25) is 0 Å². The first-order valence-corrected chi connectivity index (χ1v) is 5.54. The summed E-state index contributed by atoms with van der Waals surface area (Å²) in [5, 5.41) is 8.41. The molecule has 0 atom stereocenters. The Balaban J connectivity index is 2.50. The van der Waals surface area contributed by atoms with Crippen LogP contribution in [0.25, 0.3) is 0 Å². The molecule has 1 amide bonds. The molecule has 1 aromatic rings. The number of halogens is 1. The van der Waals surface area contributed by atoms with E-state index in [9.17, 15) is 9.18 Å². The van der Waals surface area contributed by atoms with Crippen LogP contribution in [-0.4, -0.2) is 31.0 Å². The largest absolute Gasteiger partial charge is 0.483 e. The van der Waals surface area contributed by atoms with Crippen LogP contribution in [0.5, 0.6) is 5.75 Å². The van der Waals surface area contributed by atoms with Gasteiger partial charge in [-0.15, -0.1) is 0 Å². The quantitative estimate of drug-likeness (QED) is 0.801. The van der Waals surface area contributed by atoms with E-state index >= 15 is 0 Å². The van der Waals surface area contributed by atoms with Crippen molar-refractivity contribution in [2.75, 3.05) is 20.2 Å². The van der Waals surface area contributed by atoms with Crippen molar-refractivity contribution in [2.45, 2.75) is 13.3 Å². The highest BCUT2D eigenvalue weighted by Gasteiger charge is 2.10. The number of aryl methyl sites for hydroxylation is 1. The number of nitriles is 1. The summed E-state index contributed by atoms with van der Waals surface area (Å²) in [5.41, 5.74) is 0.641. The fraction of sp³-hybridized carbons (Fsp3) is 0.385. The second kappa shape index (κ2) is 6.60.